The standard InChI is InChI=1S/C33H32ClFN8O/c1-32(2,3)17-38-26-19(15-36)16-37-27-24(26)10-20(11-25(27)34)39-28(22-6-5-7-23-21(22)8-9-42(4)31(23)44)29-30(35)43(41-40-29)33-12-18(13-33)14-33/h5-11,16,18,28,39H,12-14,17H2,1-4H3,(H,37,38)/t18?,28-,33?/m0/s1. The maximum absolute atomic E-state index is 16.3. The number of nitrogens with zero attached hydrogens (tertiary/aromatic N) is 6. The van der Waals surface area contributed by atoms with Gasteiger partial charge in [-0.3, -0.25) is 9.78 Å². The van der Waals surface area contributed by atoms with E-state index in [4.69, 9.17) is 11.6 Å². The Morgan fingerprint density at radius 2 is 1.95 bits per heavy atom. The number of fused-ring (bicyclic) bond motifs is 2. The van der Waals surface area contributed by atoms with E-state index in [0.717, 1.165) is 19.3 Å². The van der Waals surface area contributed by atoms with Gasteiger partial charge in [-0.2, -0.15) is 9.65 Å². The molecule has 1 atom stereocenters. The van der Waals surface area contributed by atoms with E-state index in [1.54, 1.807) is 31.4 Å². The summed E-state index contributed by atoms with van der Waals surface area (Å²) in [5.41, 5.74) is 2.44. The van der Waals surface area contributed by atoms with Crippen LogP contribution in [0.5, 0.6) is 0 Å². The van der Waals surface area contributed by atoms with Crippen molar-refractivity contribution in [1.82, 2.24) is 24.5 Å². The number of rotatable bonds is 7. The molecule has 8 rings (SSSR count). The van der Waals surface area contributed by atoms with Gasteiger partial charge in [0.05, 0.1) is 27.3 Å². The topological polar surface area (TPSA) is 113 Å². The molecule has 0 spiro atoms. The van der Waals surface area contributed by atoms with Crippen LogP contribution in [0.15, 0.2) is 53.6 Å². The number of nitrogens with one attached hydrogen (secondary N) is 2. The highest BCUT2D eigenvalue weighted by molar-refractivity contribution is 6.35. The van der Waals surface area contributed by atoms with Crippen LogP contribution >= 0.6 is 11.6 Å². The van der Waals surface area contributed by atoms with Crippen LogP contribution in [0.2, 0.25) is 5.02 Å². The minimum Gasteiger partial charge on any atom is -0.383 e. The quantitative estimate of drug-likeness (QED) is 0.216. The van der Waals surface area contributed by atoms with E-state index in [0.29, 0.717) is 61.7 Å². The van der Waals surface area contributed by atoms with Crippen molar-refractivity contribution in [3.05, 3.63) is 86.9 Å². The van der Waals surface area contributed by atoms with Crippen molar-refractivity contribution in [3.8, 4) is 6.07 Å². The highest BCUT2D eigenvalue weighted by Gasteiger charge is 2.60. The SMILES string of the molecule is Cn1ccc2c([C@H](Nc3cc(Cl)c4ncc(C#N)c(NCC(C)(C)C)c4c3)c3nnn(C45CC(C4)C5)c3F)cccc2c1=O. The lowest BCUT2D eigenvalue weighted by atomic mass is 9.50. The predicted molar refractivity (Wildman–Crippen MR) is 169 cm³/mol. The summed E-state index contributed by atoms with van der Waals surface area (Å²) in [5.74, 6) is 0.146. The molecule has 0 radical (unpaired) electrons. The van der Waals surface area contributed by atoms with Crippen molar-refractivity contribution in [2.75, 3.05) is 17.2 Å². The Kier molecular flexibility index (Phi) is 6.45. The molecular formula is C33H32ClFN8O. The molecule has 2 N–H and O–H groups in total. The average Bonchev–Trinajstić information content (AvgIpc) is 3.30. The minimum absolute atomic E-state index is 0.0533. The summed E-state index contributed by atoms with van der Waals surface area (Å²) in [6.07, 6.45) is 5.95. The molecule has 3 heterocycles. The minimum atomic E-state index is -0.807. The molecular weight excluding hydrogens is 579 g/mol. The van der Waals surface area contributed by atoms with Crippen LogP contribution in [-0.4, -0.2) is 31.1 Å². The highest BCUT2D eigenvalue weighted by atomic mass is 35.5. The van der Waals surface area contributed by atoms with Crippen LogP contribution in [0.3, 0.4) is 0 Å². The number of hydrogen-bond acceptors (Lipinski definition) is 7. The second-order valence-corrected chi connectivity index (χ2v) is 13.8. The summed E-state index contributed by atoms with van der Waals surface area (Å²) >= 11 is 6.79. The largest absolute Gasteiger partial charge is 0.383 e. The van der Waals surface area contributed by atoms with E-state index in [9.17, 15) is 10.1 Å². The first-order chi connectivity index (χ1) is 21.0. The summed E-state index contributed by atoms with van der Waals surface area (Å²) in [6, 6.07) is 12.3. The fraction of sp³-hybridized carbons (Fsp3) is 0.364. The Labute approximate surface area is 258 Å². The Balaban J connectivity index is 1.39. The first-order valence-corrected chi connectivity index (χ1v) is 15.1. The van der Waals surface area contributed by atoms with Gasteiger partial charge in [0.2, 0.25) is 5.95 Å². The molecule has 3 aliphatic carbocycles. The van der Waals surface area contributed by atoms with Crippen molar-refractivity contribution in [3.63, 3.8) is 0 Å². The first-order valence-electron chi connectivity index (χ1n) is 14.7. The number of hydrogen-bond donors (Lipinski definition) is 2. The van der Waals surface area contributed by atoms with E-state index >= 15 is 4.39 Å². The first kappa shape index (κ1) is 28.3. The number of aromatic nitrogens is 5. The van der Waals surface area contributed by atoms with Gasteiger partial charge in [0.15, 0.2) is 0 Å². The number of nitriles is 1. The fourth-order valence-electron chi connectivity index (χ4n) is 6.54. The molecule has 224 valence electrons. The summed E-state index contributed by atoms with van der Waals surface area (Å²) in [4.78, 5) is 17.5. The van der Waals surface area contributed by atoms with E-state index < -0.39 is 12.0 Å². The molecule has 2 bridgehead atoms. The molecule has 0 amide bonds. The number of aryl methyl sites for hydroxylation is 1. The Morgan fingerprint density at radius 3 is 2.64 bits per heavy atom. The molecule has 3 saturated carbocycles. The van der Waals surface area contributed by atoms with Gasteiger partial charge < -0.3 is 15.2 Å². The predicted octanol–water partition coefficient (Wildman–Crippen LogP) is 6.51. The van der Waals surface area contributed by atoms with Crippen molar-refractivity contribution in [2.24, 2.45) is 18.4 Å². The maximum atomic E-state index is 16.3. The highest BCUT2D eigenvalue weighted by Crippen LogP contribution is 2.62. The van der Waals surface area contributed by atoms with E-state index in [2.05, 4.69) is 52.8 Å². The third kappa shape index (κ3) is 4.49. The molecule has 44 heavy (non-hydrogen) atoms. The van der Waals surface area contributed by atoms with Crippen LogP contribution < -0.4 is 16.2 Å². The Morgan fingerprint density at radius 1 is 1.18 bits per heavy atom. The van der Waals surface area contributed by atoms with Crippen molar-refractivity contribution >= 4 is 44.7 Å². The molecule has 3 fully saturated rings. The number of anilines is 2. The Bertz CT molecular complexity index is 2050. The van der Waals surface area contributed by atoms with E-state index in [1.165, 1.54) is 15.4 Å². The molecule has 0 aliphatic heterocycles. The van der Waals surface area contributed by atoms with Crippen LogP contribution in [0, 0.1) is 28.6 Å². The molecule has 5 aromatic rings. The number of halogens is 2. The lowest BCUT2D eigenvalue weighted by molar-refractivity contribution is -0.106. The molecule has 2 aromatic carbocycles. The second kappa shape index (κ2) is 10.0. The van der Waals surface area contributed by atoms with Gasteiger partial charge in [0, 0.05) is 42.4 Å². The van der Waals surface area contributed by atoms with Crippen molar-refractivity contribution < 1.29 is 4.39 Å². The third-order valence-corrected chi connectivity index (χ3v) is 9.27. The van der Waals surface area contributed by atoms with Gasteiger partial charge >= 0.3 is 0 Å². The van der Waals surface area contributed by atoms with Gasteiger partial charge in [-0.05, 0) is 65.8 Å². The molecule has 0 saturated heterocycles. The van der Waals surface area contributed by atoms with E-state index in [-0.39, 0.29) is 22.2 Å². The zero-order chi connectivity index (χ0) is 31.0. The normalized spacial score (nSPS) is 19.7. The molecule has 11 heteroatoms. The van der Waals surface area contributed by atoms with Crippen LogP contribution in [0.1, 0.15) is 62.9 Å². The smallest absolute Gasteiger partial charge is 0.258 e. The molecule has 3 aliphatic rings. The van der Waals surface area contributed by atoms with Gasteiger partial charge in [-0.15, -0.1) is 5.10 Å². The lowest BCUT2D eigenvalue weighted by Gasteiger charge is -2.60. The second-order valence-electron chi connectivity index (χ2n) is 13.4. The summed E-state index contributed by atoms with van der Waals surface area (Å²) < 4.78 is 19.3. The molecule has 9 nitrogen and oxygen atoms in total. The lowest BCUT2D eigenvalue weighted by Crippen LogP contribution is -2.60. The fourth-order valence-corrected chi connectivity index (χ4v) is 6.81. The van der Waals surface area contributed by atoms with Gasteiger partial charge in [0.25, 0.3) is 5.56 Å². The van der Waals surface area contributed by atoms with E-state index in [1.807, 2.05) is 18.2 Å². The number of pyridine rings is 2. The van der Waals surface area contributed by atoms with Crippen LogP contribution in [0.4, 0.5) is 15.8 Å². The van der Waals surface area contributed by atoms with Crippen molar-refractivity contribution in [2.45, 2.75) is 51.6 Å². The summed E-state index contributed by atoms with van der Waals surface area (Å²) in [5, 5.41) is 27.7. The summed E-state index contributed by atoms with van der Waals surface area (Å²) in [7, 11) is 1.70. The zero-order valence-electron chi connectivity index (χ0n) is 24.9. The van der Waals surface area contributed by atoms with Crippen molar-refractivity contribution in [1.29, 1.82) is 5.26 Å². The molecule has 0 unspecified atom stereocenters. The summed E-state index contributed by atoms with van der Waals surface area (Å²) in [6.45, 7) is 6.92. The van der Waals surface area contributed by atoms with Gasteiger partial charge in [-0.1, -0.05) is 49.7 Å². The van der Waals surface area contributed by atoms with Gasteiger partial charge in [-0.25, -0.2) is 4.68 Å². The zero-order valence-corrected chi connectivity index (χ0v) is 25.7. The number of benzene rings is 2. The van der Waals surface area contributed by atoms with Gasteiger partial charge in [0.1, 0.15) is 17.8 Å². The third-order valence-electron chi connectivity index (χ3n) is 8.99. The Hall–Kier alpha value is -4.49. The average molecular weight is 611 g/mol. The van der Waals surface area contributed by atoms with Crippen LogP contribution in [-0.2, 0) is 12.6 Å². The molecule has 3 aromatic heterocycles. The van der Waals surface area contributed by atoms with Crippen LogP contribution in [0.25, 0.3) is 21.7 Å². The monoisotopic (exact) mass is 610 g/mol. The maximum Gasteiger partial charge on any atom is 0.258 e.